The maximum Gasteiger partial charge on any atom is 0.410 e. The van der Waals surface area contributed by atoms with E-state index in [9.17, 15) is 4.79 Å². The van der Waals surface area contributed by atoms with Gasteiger partial charge in [0.25, 0.3) is 0 Å². The second-order valence-electron chi connectivity index (χ2n) is 11.9. The summed E-state index contributed by atoms with van der Waals surface area (Å²) in [6.45, 7) is 8.82. The molecule has 7 nitrogen and oxygen atoms in total. The number of hydrogen-bond acceptors (Lipinski definition) is 5. The van der Waals surface area contributed by atoms with Crippen molar-refractivity contribution in [2.24, 2.45) is 5.92 Å². The number of nitrogens with zero attached hydrogens (tertiary/aromatic N) is 3. The number of aryl methyl sites for hydroxylation is 1. The van der Waals surface area contributed by atoms with Gasteiger partial charge in [0.2, 0.25) is 0 Å². The first-order chi connectivity index (χ1) is 20.2. The molecule has 0 saturated carbocycles. The Morgan fingerprint density at radius 2 is 1.76 bits per heavy atom. The molecule has 0 aliphatic carbocycles. The van der Waals surface area contributed by atoms with Crippen molar-refractivity contribution in [2.75, 3.05) is 13.1 Å². The van der Waals surface area contributed by atoms with Gasteiger partial charge >= 0.3 is 6.09 Å². The standard InChI is InChI=1S/C34H40ClN3O4/c1-34(2,3)42-33(39)37-20-8-12-25(22-37)13-9-21-38-29-14-7-15-30(41-23-26-10-5-4-6-11-26)32(29)36-31(38)24-40-28-18-16-27(35)17-19-28/h4-7,10-11,14-19,25H,8-9,12-13,20-24H2,1-3H3. The normalized spacial score (nSPS) is 15.5. The Kier molecular flexibility index (Phi) is 9.58. The molecular weight excluding hydrogens is 550 g/mol. The SMILES string of the molecule is CC(C)(C)OC(=O)N1CCCC(CCCn2c(COc3ccc(Cl)cc3)nc3c(OCc4ccccc4)cccc32)C1. The molecule has 1 aliphatic rings. The maximum atomic E-state index is 12.7. The number of aromatic nitrogens is 2. The van der Waals surface area contributed by atoms with Crippen LogP contribution in [0.1, 0.15) is 57.8 Å². The molecule has 1 aliphatic heterocycles. The number of likely N-dealkylation sites (tertiary alicyclic amines) is 1. The zero-order chi connectivity index (χ0) is 29.5. The van der Waals surface area contributed by atoms with Crippen LogP contribution < -0.4 is 9.47 Å². The van der Waals surface area contributed by atoms with Crippen molar-refractivity contribution in [1.29, 1.82) is 0 Å². The summed E-state index contributed by atoms with van der Waals surface area (Å²) >= 11 is 6.06. The highest BCUT2D eigenvalue weighted by molar-refractivity contribution is 6.30. The summed E-state index contributed by atoms with van der Waals surface area (Å²) in [6, 6.07) is 23.6. The highest BCUT2D eigenvalue weighted by Crippen LogP contribution is 2.29. The molecule has 42 heavy (non-hydrogen) atoms. The number of para-hydroxylation sites is 1. The molecule has 0 radical (unpaired) electrons. The third kappa shape index (κ3) is 7.97. The topological polar surface area (TPSA) is 65.8 Å². The molecule has 1 fully saturated rings. The van der Waals surface area contributed by atoms with Gasteiger partial charge in [0, 0.05) is 24.7 Å². The lowest BCUT2D eigenvalue weighted by atomic mass is 9.93. The van der Waals surface area contributed by atoms with Gasteiger partial charge in [-0.3, -0.25) is 0 Å². The van der Waals surface area contributed by atoms with Gasteiger partial charge in [-0.2, -0.15) is 0 Å². The molecule has 1 amide bonds. The molecular formula is C34H40ClN3O4. The van der Waals surface area contributed by atoms with Gasteiger partial charge in [-0.05, 0) is 94.3 Å². The smallest absolute Gasteiger partial charge is 0.410 e. The largest absolute Gasteiger partial charge is 0.487 e. The average Bonchev–Trinajstić information content (AvgIpc) is 3.33. The minimum absolute atomic E-state index is 0.211. The van der Waals surface area contributed by atoms with Crippen LogP contribution in [0.15, 0.2) is 72.8 Å². The zero-order valence-corrected chi connectivity index (χ0v) is 25.5. The van der Waals surface area contributed by atoms with Crippen molar-refractivity contribution in [3.63, 3.8) is 0 Å². The monoisotopic (exact) mass is 589 g/mol. The number of amides is 1. The molecule has 1 unspecified atom stereocenters. The Labute approximate surface area is 253 Å². The van der Waals surface area contributed by atoms with Crippen molar-refractivity contribution in [2.45, 2.75) is 71.8 Å². The molecule has 0 N–H and O–H groups in total. The van der Waals surface area contributed by atoms with Crippen LogP contribution in [0.2, 0.25) is 5.02 Å². The van der Waals surface area contributed by atoms with Gasteiger partial charge < -0.3 is 23.7 Å². The molecule has 0 bridgehead atoms. The predicted molar refractivity (Wildman–Crippen MR) is 166 cm³/mol. The van der Waals surface area contributed by atoms with Crippen LogP contribution >= 0.6 is 11.6 Å². The Morgan fingerprint density at radius 3 is 2.52 bits per heavy atom. The minimum Gasteiger partial charge on any atom is -0.487 e. The lowest BCUT2D eigenvalue weighted by Crippen LogP contribution is -2.42. The van der Waals surface area contributed by atoms with Crippen LogP contribution in [-0.4, -0.2) is 39.2 Å². The number of rotatable bonds is 10. The van der Waals surface area contributed by atoms with E-state index in [0.717, 1.165) is 79.2 Å². The first-order valence-corrected chi connectivity index (χ1v) is 15.1. The van der Waals surface area contributed by atoms with Gasteiger partial charge in [-0.15, -0.1) is 0 Å². The Morgan fingerprint density at radius 1 is 0.976 bits per heavy atom. The van der Waals surface area contributed by atoms with E-state index >= 15 is 0 Å². The first kappa shape index (κ1) is 29.8. The van der Waals surface area contributed by atoms with E-state index in [4.69, 9.17) is 30.8 Å². The van der Waals surface area contributed by atoms with Crippen LogP contribution in [0.25, 0.3) is 11.0 Å². The molecule has 0 spiro atoms. The number of piperidine rings is 1. The van der Waals surface area contributed by atoms with Gasteiger partial charge in [-0.25, -0.2) is 9.78 Å². The lowest BCUT2D eigenvalue weighted by molar-refractivity contribution is 0.0160. The summed E-state index contributed by atoms with van der Waals surface area (Å²) in [5.74, 6) is 2.78. The van der Waals surface area contributed by atoms with Crippen LogP contribution in [0.3, 0.4) is 0 Å². The number of ether oxygens (including phenoxy) is 3. The van der Waals surface area contributed by atoms with Crippen LogP contribution in [-0.2, 0) is 24.5 Å². The van der Waals surface area contributed by atoms with Crippen molar-refractivity contribution in [3.8, 4) is 11.5 Å². The van der Waals surface area contributed by atoms with Crippen molar-refractivity contribution in [1.82, 2.24) is 14.5 Å². The first-order valence-electron chi connectivity index (χ1n) is 14.8. The van der Waals surface area contributed by atoms with E-state index in [-0.39, 0.29) is 6.09 Å². The number of carbonyl (C=O) groups is 1. The van der Waals surface area contributed by atoms with Crippen LogP contribution in [0.5, 0.6) is 11.5 Å². The molecule has 1 saturated heterocycles. The fourth-order valence-electron chi connectivity index (χ4n) is 5.39. The van der Waals surface area contributed by atoms with E-state index < -0.39 is 5.60 Å². The summed E-state index contributed by atoms with van der Waals surface area (Å²) in [6.07, 6.45) is 3.88. The Balaban J connectivity index is 1.30. The van der Waals surface area contributed by atoms with E-state index in [1.54, 1.807) is 0 Å². The number of hydrogen-bond donors (Lipinski definition) is 0. The highest BCUT2D eigenvalue weighted by Gasteiger charge is 2.27. The maximum absolute atomic E-state index is 12.7. The van der Waals surface area contributed by atoms with Crippen molar-refractivity contribution in [3.05, 3.63) is 89.2 Å². The fraction of sp³-hybridized carbons (Fsp3) is 0.412. The number of carbonyl (C=O) groups excluding carboxylic acids is 1. The van der Waals surface area contributed by atoms with Gasteiger partial charge in [0.05, 0.1) is 5.52 Å². The Hall–Kier alpha value is -3.71. The van der Waals surface area contributed by atoms with Gasteiger partial charge in [-0.1, -0.05) is 48.0 Å². The quantitative estimate of drug-likeness (QED) is 0.186. The zero-order valence-electron chi connectivity index (χ0n) is 24.7. The number of imidazole rings is 1. The van der Waals surface area contributed by atoms with Gasteiger partial charge in [0.15, 0.2) is 0 Å². The summed E-state index contributed by atoms with van der Waals surface area (Å²) < 4.78 is 20.2. The summed E-state index contributed by atoms with van der Waals surface area (Å²) in [7, 11) is 0. The Bertz CT molecular complexity index is 1460. The molecule has 5 rings (SSSR count). The molecule has 4 aromatic rings. The van der Waals surface area contributed by atoms with E-state index in [1.165, 1.54) is 0 Å². The van der Waals surface area contributed by atoms with E-state index in [1.807, 2.05) is 80.3 Å². The van der Waals surface area contributed by atoms with Crippen molar-refractivity contribution < 1.29 is 19.0 Å². The minimum atomic E-state index is -0.485. The summed E-state index contributed by atoms with van der Waals surface area (Å²) in [5.41, 5.74) is 2.47. The summed E-state index contributed by atoms with van der Waals surface area (Å²) in [4.78, 5) is 19.5. The molecule has 1 atom stereocenters. The molecule has 8 heteroatoms. The molecule has 222 valence electrons. The molecule has 1 aromatic heterocycles. The lowest BCUT2D eigenvalue weighted by Gasteiger charge is -2.34. The average molecular weight is 590 g/mol. The second-order valence-corrected chi connectivity index (χ2v) is 12.3. The molecule has 3 aromatic carbocycles. The van der Waals surface area contributed by atoms with Crippen LogP contribution in [0, 0.1) is 5.92 Å². The summed E-state index contributed by atoms with van der Waals surface area (Å²) in [5, 5.41) is 0.669. The number of halogens is 1. The fourth-order valence-corrected chi connectivity index (χ4v) is 5.52. The second kappa shape index (κ2) is 13.5. The van der Waals surface area contributed by atoms with Crippen LogP contribution in [0.4, 0.5) is 4.79 Å². The third-order valence-corrected chi connectivity index (χ3v) is 7.66. The van der Waals surface area contributed by atoms with E-state index in [0.29, 0.717) is 24.2 Å². The third-order valence-electron chi connectivity index (χ3n) is 7.40. The number of fused-ring (bicyclic) bond motifs is 1. The van der Waals surface area contributed by atoms with E-state index in [2.05, 4.69) is 22.8 Å². The molecule has 2 heterocycles. The highest BCUT2D eigenvalue weighted by atomic mass is 35.5. The van der Waals surface area contributed by atoms with Gasteiger partial charge in [0.1, 0.15) is 41.7 Å². The van der Waals surface area contributed by atoms with Crippen molar-refractivity contribution >= 4 is 28.7 Å². The number of benzene rings is 3. The predicted octanol–water partition coefficient (Wildman–Crippen LogP) is 8.28.